The third-order valence-electron chi connectivity index (χ3n) is 2.36. The molecule has 0 N–H and O–H groups in total. The Morgan fingerprint density at radius 3 is 2.07 bits per heavy atom. The second-order valence-electron chi connectivity index (χ2n) is 3.59. The number of hydrogen-bond donors (Lipinski definition) is 0. The van der Waals surface area contributed by atoms with Gasteiger partial charge in [0.1, 0.15) is 0 Å². The predicted molar refractivity (Wildman–Crippen MR) is 59.9 cm³/mol. The quantitative estimate of drug-likeness (QED) is 0.614. The minimum absolute atomic E-state index is 0.764. The van der Waals surface area contributed by atoms with Crippen LogP contribution in [0.4, 0.5) is 0 Å². The van der Waals surface area contributed by atoms with Gasteiger partial charge >= 0.3 is 0 Å². The number of nitrogens with zero attached hydrogens (tertiary/aromatic N) is 1. The van der Waals surface area contributed by atoms with E-state index < -0.39 is 0 Å². The molecule has 0 fully saturated rings. The summed E-state index contributed by atoms with van der Waals surface area (Å²) < 4.78 is 0. The van der Waals surface area contributed by atoms with Crippen LogP contribution in [0.5, 0.6) is 0 Å². The predicted octanol–water partition coefficient (Wildman–Crippen LogP) is 3.54. The lowest BCUT2D eigenvalue weighted by atomic mass is 9.94. The van der Waals surface area contributed by atoms with E-state index in [9.17, 15) is 0 Å². The van der Waals surface area contributed by atoms with Crippen molar-refractivity contribution >= 4 is 5.57 Å². The van der Waals surface area contributed by atoms with Crippen LogP contribution < -0.4 is 0 Å². The molecule has 0 aliphatic carbocycles. The molecule has 0 spiro atoms. The Labute approximate surface area is 85.7 Å². The van der Waals surface area contributed by atoms with Crippen LogP contribution >= 0.6 is 0 Å². The van der Waals surface area contributed by atoms with Gasteiger partial charge in [0.15, 0.2) is 0 Å². The SMILES string of the molecule is C/C=C(\C#N)c1c(C)cc(C)cc1C. The maximum Gasteiger partial charge on any atom is 0.0994 e. The van der Waals surface area contributed by atoms with E-state index in [0.29, 0.717) is 0 Å². The second kappa shape index (κ2) is 4.11. The topological polar surface area (TPSA) is 23.8 Å². The fourth-order valence-corrected chi connectivity index (χ4v) is 1.87. The summed E-state index contributed by atoms with van der Waals surface area (Å²) in [4.78, 5) is 0. The Balaban J connectivity index is 3.44. The number of benzene rings is 1. The van der Waals surface area contributed by atoms with Crippen molar-refractivity contribution in [1.29, 1.82) is 5.26 Å². The van der Waals surface area contributed by atoms with Gasteiger partial charge in [-0.15, -0.1) is 0 Å². The van der Waals surface area contributed by atoms with Crippen molar-refractivity contribution in [2.45, 2.75) is 27.7 Å². The first-order valence-corrected chi connectivity index (χ1v) is 4.74. The molecule has 72 valence electrons. The molecule has 0 unspecified atom stereocenters. The van der Waals surface area contributed by atoms with Crippen molar-refractivity contribution in [3.8, 4) is 6.07 Å². The minimum atomic E-state index is 0.764. The monoisotopic (exact) mass is 185 g/mol. The molecule has 1 nitrogen and oxygen atoms in total. The van der Waals surface area contributed by atoms with Crippen LogP contribution in [0.3, 0.4) is 0 Å². The zero-order valence-corrected chi connectivity index (χ0v) is 9.18. The summed E-state index contributed by atoms with van der Waals surface area (Å²) in [6, 6.07) is 6.46. The number of hydrogen-bond acceptors (Lipinski definition) is 1. The fourth-order valence-electron chi connectivity index (χ4n) is 1.87. The molecular formula is C13H15N. The lowest BCUT2D eigenvalue weighted by molar-refractivity contribution is 1.29. The third-order valence-corrected chi connectivity index (χ3v) is 2.36. The molecule has 1 heteroatoms. The summed E-state index contributed by atoms with van der Waals surface area (Å²) in [7, 11) is 0. The van der Waals surface area contributed by atoms with Crippen molar-refractivity contribution < 1.29 is 0 Å². The maximum atomic E-state index is 8.98. The molecule has 1 aromatic rings. The lowest BCUT2D eigenvalue weighted by Gasteiger charge is -2.09. The average Bonchev–Trinajstić information content (AvgIpc) is 2.10. The maximum absolute atomic E-state index is 8.98. The largest absolute Gasteiger partial charge is 0.192 e. The smallest absolute Gasteiger partial charge is 0.0994 e. The van der Waals surface area contributed by atoms with E-state index in [1.54, 1.807) is 0 Å². The van der Waals surface area contributed by atoms with Crippen LogP contribution in [-0.4, -0.2) is 0 Å². The van der Waals surface area contributed by atoms with Crippen LogP contribution in [0, 0.1) is 32.1 Å². The molecule has 1 aromatic carbocycles. The summed E-state index contributed by atoms with van der Waals surface area (Å²) >= 11 is 0. The van der Waals surface area contributed by atoms with Gasteiger partial charge in [0.05, 0.1) is 11.6 Å². The third kappa shape index (κ3) is 1.85. The van der Waals surface area contributed by atoms with Crippen LogP contribution in [0.1, 0.15) is 29.2 Å². The highest BCUT2D eigenvalue weighted by Crippen LogP contribution is 2.23. The first-order valence-electron chi connectivity index (χ1n) is 4.74. The van der Waals surface area contributed by atoms with E-state index in [-0.39, 0.29) is 0 Å². The molecule has 0 amide bonds. The first-order chi connectivity index (χ1) is 6.60. The van der Waals surface area contributed by atoms with Gasteiger partial charge < -0.3 is 0 Å². The second-order valence-corrected chi connectivity index (χ2v) is 3.59. The van der Waals surface area contributed by atoms with Crippen LogP contribution in [0.15, 0.2) is 18.2 Å². The number of rotatable bonds is 1. The molecule has 0 heterocycles. The van der Waals surface area contributed by atoms with Gasteiger partial charge in [-0.05, 0) is 44.4 Å². The van der Waals surface area contributed by atoms with Crippen molar-refractivity contribution in [2.24, 2.45) is 0 Å². The summed E-state index contributed by atoms with van der Waals surface area (Å²) in [5.41, 5.74) is 5.45. The van der Waals surface area contributed by atoms with Gasteiger partial charge in [0, 0.05) is 0 Å². The van der Waals surface area contributed by atoms with E-state index in [2.05, 4.69) is 39.0 Å². The highest BCUT2D eigenvalue weighted by molar-refractivity contribution is 5.80. The Morgan fingerprint density at radius 2 is 1.71 bits per heavy atom. The molecule has 0 bridgehead atoms. The molecule has 0 aromatic heterocycles. The van der Waals surface area contributed by atoms with Crippen molar-refractivity contribution in [1.82, 2.24) is 0 Å². The Kier molecular flexibility index (Phi) is 3.09. The van der Waals surface area contributed by atoms with E-state index in [0.717, 1.165) is 11.1 Å². The number of aryl methyl sites for hydroxylation is 3. The molecule has 0 saturated carbocycles. The van der Waals surface area contributed by atoms with Crippen LogP contribution in [0.25, 0.3) is 5.57 Å². The first kappa shape index (κ1) is 10.5. The summed E-state index contributed by atoms with van der Waals surface area (Å²) in [6.45, 7) is 8.08. The minimum Gasteiger partial charge on any atom is -0.192 e. The number of nitriles is 1. The Hall–Kier alpha value is -1.55. The standard InChI is InChI=1S/C13H15N/c1-5-12(8-14)13-10(3)6-9(2)7-11(13)4/h5-7H,1-4H3/b12-5+. The van der Waals surface area contributed by atoms with Gasteiger partial charge in [-0.1, -0.05) is 23.8 Å². The van der Waals surface area contributed by atoms with Gasteiger partial charge in [-0.2, -0.15) is 5.26 Å². The molecule has 0 aliphatic rings. The van der Waals surface area contributed by atoms with E-state index in [4.69, 9.17) is 5.26 Å². The fraction of sp³-hybridized carbons (Fsp3) is 0.308. The molecule has 0 saturated heterocycles. The normalized spacial score (nSPS) is 11.2. The van der Waals surface area contributed by atoms with Crippen molar-refractivity contribution in [3.05, 3.63) is 40.5 Å². The molecule has 1 rings (SSSR count). The molecule has 0 atom stereocenters. The van der Waals surface area contributed by atoms with E-state index in [1.807, 2.05) is 13.0 Å². The van der Waals surface area contributed by atoms with Gasteiger partial charge in [0.25, 0.3) is 0 Å². The van der Waals surface area contributed by atoms with Crippen LogP contribution in [0.2, 0.25) is 0 Å². The Morgan fingerprint density at radius 1 is 1.21 bits per heavy atom. The van der Waals surface area contributed by atoms with Crippen molar-refractivity contribution in [2.75, 3.05) is 0 Å². The Bertz CT molecular complexity index is 396. The summed E-state index contributed by atoms with van der Waals surface area (Å²) in [6.07, 6.45) is 1.87. The zero-order chi connectivity index (χ0) is 10.7. The molecule has 0 radical (unpaired) electrons. The van der Waals surface area contributed by atoms with Crippen molar-refractivity contribution in [3.63, 3.8) is 0 Å². The number of allylic oxidation sites excluding steroid dienone is 2. The molecular weight excluding hydrogens is 170 g/mol. The van der Waals surface area contributed by atoms with E-state index in [1.165, 1.54) is 16.7 Å². The molecule has 0 aliphatic heterocycles. The summed E-state index contributed by atoms with van der Waals surface area (Å²) in [5.74, 6) is 0. The van der Waals surface area contributed by atoms with E-state index >= 15 is 0 Å². The molecule has 14 heavy (non-hydrogen) atoms. The summed E-state index contributed by atoms with van der Waals surface area (Å²) in [5, 5.41) is 8.98. The highest BCUT2D eigenvalue weighted by Gasteiger charge is 2.07. The van der Waals surface area contributed by atoms with Crippen LogP contribution in [-0.2, 0) is 0 Å². The van der Waals surface area contributed by atoms with Gasteiger partial charge in [-0.3, -0.25) is 0 Å². The van der Waals surface area contributed by atoms with Gasteiger partial charge in [-0.25, -0.2) is 0 Å². The average molecular weight is 185 g/mol. The van der Waals surface area contributed by atoms with Gasteiger partial charge in [0.2, 0.25) is 0 Å². The highest BCUT2D eigenvalue weighted by atomic mass is 14.3. The zero-order valence-electron chi connectivity index (χ0n) is 9.18. The lowest BCUT2D eigenvalue weighted by Crippen LogP contribution is -1.93.